The minimum Gasteiger partial charge on any atom is -0.461 e. The Balaban J connectivity index is 1.60. The van der Waals surface area contributed by atoms with Gasteiger partial charge in [0, 0.05) is 0 Å². The highest BCUT2D eigenvalue weighted by Gasteiger charge is 2.17. The van der Waals surface area contributed by atoms with Gasteiger partial charge < -0.3 is 15.6 Å². The first kappa shape index (κ1) is 18.1. The van der Waals surface area contributed by atoms with Crippen LogP contribution in [-0.2, 0) is 4.79 Å². The van der Waals surface area contributed by atoms with Crippen molar-refractivity contribution >= 4 is 17.7 Å². The molecule has 0 aliphatic heterocycles. The Bertz CT molecular complexity index is 833. The average molecular weight is 371 g/mol. The summed E-state index contributed by atoms with van der Waals surface area (Å²) in [6, 6.07) is 13.5. The molecule has 0 saturated heterocycles. The number of hydrogen-bond acceptors (Lipinski definition) is 6. The zero-order valence-electron chi connectivity index (χ0n) is 14.5. The fourth-order valence-electron chi connectivity index (χ4n) is 2.61. The molecule has 0 fully saturated rings. The third-order valence-electron chi connectivity index (χ3n) is 3.85. The number of hydrogen-bond donors (Lipinski definition) is 2. The lowest BCUT2D eigenvalue weighted by Gasteiger charge is -2.18. The highest BCUT2D eigenvalue weighted by atomic mass is 32.2. The number of nitrogens with two attached hydrogens (primary N) is 1. The number of furan rings is 1. The molecule has 3 aromatic rings. The van der Waals surface area contributed by atoms with Gasteiger partial charge >= 0.3 is 0 Å². The van der Waals surface area contributed by atoms with Crippen molar-refractivity contribution in [2.45, 2.75) is 31.0 Å². The number of benzene rings is 1. The van der Waals surface area contributed by atoms with Crippen molar-refractivity contribution in [2.24, 2.45) is 0 Å². The molecule has 26 heavy (non-hydrogen) atoms. The van der Waals surface area contributed by atoms with E-state index < -0.39 is 0 Å². The summed E-state index contributed by atoms with van der Waals surface area (Å²) in [6.45, 7) is 2.10. The van der Waals surface area contributed by atoms with Crippen molar-refractivity contribution in [2.75, 3.05) is 11.6 Å². The second-order valence-corrected chi connectivity index (χ2v) is 6.70. The van der Waals surface area contributed by atoms with Gasteiger partial charge in [-0.25, -0.2) is 4.68 Å². The third kappa shape index (κ3) is 4.26. The molecule has 1 amide bonds. The summed E-state index contributed by atoms with van der Waals surface area (Å²) in [5.41, 5.74) is 1.11. The van der Waals surface area contributed by atoms with E-state index in [1.54, 1.807) is 18.4 Å². The van der Waals surface area contributed by atoms with E-state index in [0.717, 1.165) is 18.4 Å². The Morgan fingerprint density at radius 2 is 2.08 bits per heavy atom. The second-order valence-electron chi connectivity index (χ2n) is 5.76. The largest absolute Gasteiger partial charge is 0.461 e. The van der Waals surface area contributed by atoms with E-state index in [4.69, 9.17) is 10.3 Å². The van der Waals surface area contributed by atoms with E-state index in [0.29, 0.717) is 16.7 Å². The summed E-state index contributed by atoms with van der Waals surface area (Å²) in [4.78, 5) is 12.4. The van der Waals surface area contributed by atoms with Gasteiger partial charge in [0.2, 0.25) is 16.9 Å². The van der Waals surface area contributed by atoms with Gasteiger partial charge in [0.25, 0.3) is 0 Å². The van der Waals surface area contributed by atoms with Crippen LogP contribution in [0.5, 0.6) is 0 Å². The van der Waals surface area contributed by atoms with E-state index in [1.165, 1.54) is 16.4 Å². The van der Waals surface area contributed by atoms with Gasteiger partial charge in [-0.3, -0.25) is 4.79 Å². The van der Waals surface area contributed by atoms with Gasteiger partial charge in [0.05, 0.1) is 18.1 Å². The Morgan fingerprint density at radius 1 is 1.27 bits per heavy atom. The molecule has 0 radical (unpaired) electrons. The third-order valence-corrected chi connectivity index (χ3v) is 4.80. The van der Waals surface area contributed by atoms with Crippen molar-refractivity contribution in [1.29, 1.82) is 0 Å². The van der Waals surface area contributed by atoms with E-state index >= 15 is 0 Å². The molecule has 1 aromatic carbocycles. The quantitative estimate of drug-likeness (QED) is 0.466. The summed E-state index contributed by atoms with van der Waals surface area (Å²) in [6.07, 6.45) is 3.41. The number of nitrogens with zero attached hydrogens (tertiary/aromatic N) is 3. The fraction of sp³-hybridized carbons (Fsp3) is 0.278. The highest BCUT2D eigenvalue weighted by Crippen LogP contribution is 2.22. The van der Waals surface area contributed by atoms with Crippen LogP contribution in [0, 0.1) is 0 Å². The first-order valence-electron chi connectivity index (χ1n) is 8.40. The lowest BCUT2D eigenvalue weighted by molar-refractivity contribution is -0.119. The number of nitrogen functional groups attached to an aromatic ring is 1. The Labute approximate surface area is 156 Å². The summed E-state index contributed by atoms with van der Waals surface area (Å²) in [5, 5.41) is 11.6. The monoisotopic (exact) mass is 371 g/mol. The van der Waals surface area contributed by atoms with Crippen LogP contribution < -0.4 is 11.2 Å². The summed E-state index contributed by atoms with van der Waals surface area (Å²) in [5.74, 6) is 7.09. The van der Waals surface area contributed by atoms with Crippen LogP contribution in [0.25, 0.3) is 11.6 Å². The molecule has 0 saturated carbocycles. The maximum Gasteiger partial charge on any atom is 0.230 e. The Morgan fingerprint density at radius 3 is 2.77 bits per heavy atom. The molecule has 0 aliphatic rings. The predicted molar refractivity (Wildman–Crippen MR) is 101 cm³/mol. The molecule has 3 rings (SSSR count). The van der Waals surface area contributed by atoms with E-state index in [-0.39, 0.29) is 17.7 Å². The van der Waals surface area contributed by atoms with Gasteiger partial charge in [-0.1, -0.05) is 55.4 Å². The van der Waals surface area contributed by atoms with Gasteiger partial charge in [0.15, 0.2) is 5.76 Å². The molecular formula is C18H21N5O2S. The summed E-state index contributed by atoms with van der Waals surface area (Å²) >= 11 is 1.24. The topological polar surface area (TPSA) is 99.0 Å². The number of aromatic nitrogens is 3. The zero-order chi connectivity index (χ0) is 18.4. The maximum atomic E-state index is 12.4. The van der Waals surface area contributed by atoms with E-state index in [9.17, 15) is 4.79 Å². The number of thioether (sulfide) groups is 1. The maximum absolute atomic E-state index is 12.4. The van der Waals surface area contributed by atoms with Gasteiger partial charge in [-0.15, -0.1) is 10.2 Å². The van der Waals surface area contributed by atoms with Crippen LogP contribution in [0.2, 0.25) is 0 Å². The van der Waals surface area contributed by atoms with Crippen molar-refractivity contribution < 1.29 is 9.21 Å². The molecular weight excluding hydrogens is 350 g/mol. The van der Waals surface area contributed by atoms with E-state index in [1.807, 2.05) is 30.3 Å². The van der Waals surface area contributed by atoms with Crippen molar-refractivity contribution in [3.63, 3.8) is 0 Å². The number of rotatable bonds is 8. The number of amides is 1. The lowest BCUT2D eigenvalue weighted by Crippen LogP contribution is -2.30. The predicted octanol–water partition coefficient (Wildman–Crippen LogP) is 3.00. The van der Waals surface area contributed by atoms with Gasteiger partial charge in [0.1, 0.15) is 0 Å². The van der Waals surface area contributed by atoms with Crippen LogP contribution in [0.15, 0.2) is 58.3 Å². The SMILES string of the molecule is CCC[C@@H](NC(=O)CSc1nnc(-c2ccco2)n1N)c1ccccc1. The normalized spacial score (nSPS) is 12.0. The molecule has 0 bridgehead atoms. The molecule has 1 atom stereocenters. The van der Waals surface area contributed by atoms with Crippen LogP contribution in [0.4, 0.5) is 0 Å². The summed E-state index contributed by atoms with van der Waals surface area (Å²) < 4.78 is 6.61. The van der Waals surface area contributed by atoms with Gasteiger partial charge in [-0.2, -0.15) is 0 Å². The Kier molecular flexibility index (Phi) is 5.96. The first-order valence-corrected chi connectivity index (χ1v) is 9.39. The first-order chi connectivity index (χ1) is 12.7. The zero-order valence-corrected chi connectivity index (χ0v) is 15.3. The number of carbonyl (C=O) groups is 1. The molecule has 2 heterocycles. The van der Waals surface area contributed by atoms with Crippen LogP contribution in [-0.4, -0.2) is 26.5 Å². The minimum atomic E-state index is -0.0696. The average Bonchev–Trinajstić information content (AvgIpc) is 3.30. The van der Waals surface area contributed by atoms with E-state index in [2.05, 4.69) is 22.4 Å². The molecule has 2 aromatic heterocycles. The van der Waals surface area contributed by atoms with Crippen LogP contribution in [0.1, 0.15) is 31.4 Å². The van der Waals surface area contributed by atoms with Crippen LogP contribution in [0.3, 0.4) is 0 Å². The summed E-state index contributed by atoms with van der Waals surface area (Å²) in [7, 11) is 0. The molecule has 3 N–H and O–H groups in total. The standard InChI is InChI=1S/C18H21N5O2S/c1-2-7-14(13-8-4-3-5-9-13)20-16(24)12-26-18-22-21-17(23(18)19)15-10-6-11-25-15/h3-6,8-11,14H,2,7,12,19H2,1H3,(H,20,24)/t14-/m1/s1. The second kappa shape index (κ2) is 8.57. The number of carbonyl (C=O) groups excluding carboxylic acids is 1. The van der Waals surface area contributed by atoms with Crippen LogP contribution >= 0.6 is 11.8 Å². The van der Waals surface area contributed by atoms with Crippen molar-refractivity contribution in [3.05, 3.63) is 54.3 Å². The molecule has 0 aliphatic carbocycles. The van der Waals surface area contributed by atoms with Crippen molar-refractivity contribution in [3.8, 4) is 11.6 Å². The van der Waals surface area contributed by atoms with Gasteiger partial charge in [-0.05, 0) is 24.1 Å². The molecule has 8 heteroatoms. The molecule has 0 spiro atoms. The lowest BCUT2D eigenvalue weighted by atomic mass is 10.0. The number of nitrogens with one attached hydrogen (secondary N) is 1. The smallest absolute Gasteiger partial charge is 0.230 e. The van der Waals surface area contributed by atoms with Crippen molar-refractivity contribution in [1.82, 2.24) is 20.2 Å². The molecule has 136 valence electrons. The fourth-order valence-corrected chi connectivity index (χ4v) is 3.28. The Hall–Kier alpha value is -2.74. The minimum absolute atomic E-state index is 0.00345. The molecule has 0 unspecified atom stereocenters. The molecule has 7 nitrogen and oxygen atoms in total. The highest BCUT2D eigenvalue weighted by molar-refractivity contribution is 7.99.